The Morgan fingerprint density at radius 2 is 0.967 bits per heavy atom. The lowest BCUT2D eigenvalue weighted by Crippen LogP contribution is -2.37. The number of carbonyl (C=O) groups is 15. The number of aliphatic imine (C=N–C) groups is 2. The van der Waals surface area contributed by atoms with Gasteiger partial charge in [-0.2, -0.15) is 0 Å². The summed E-state index contributed by atoms with van der Waals surface area (Å²) < 4.78 is 33.1. The molecule has 2 atom stereocenters. The molecule has 648 valence electrons. The van der Waals surface area contributed by atoms with Crippen LogP contribution in [0.4, 0.5) is 17.1 Å². The van der Waals surface area contributed by atoms with Crippen molar-refractivity contribution in [3.63, 3.8) is 0 Å². The van der Waals surface area contributed by atoms with E-state index in [0.717, 1.165) is 43.4 Å². The summed E-state index contributed by atoms with van der Waals surface area (Å²) in [6.07, 6.45) is 18.2. The number of esters is 2. The van der Waals surface area contributed by atoms with Crippen LogP contribution in [0.15, 0.2) is 119 Å². The fourth-order valence-electron chi connectivity index (χ4n) is 12.5. The van der Waals surface area contributed by atoms with E-state index in [1.54, 1.807) is 88.9 Å². The minimum Gasteiger partial charge on any atom is -0.497 e. The number of aliphatic carboxylic acids is 1. The highest BCUT2D eigenvalue weighted by atomic mass is 35.5. The molecule has 35 heteroatoms. The molecule has 121 heavy (non-hydrogen) atoms. The third-order valence-electron chi connectivity index (χ3n) is 18.5. The second kappa shape index (κ2) is 46.7. The molecule has 10 amide bonds. The van der Waals surface area contributed by atoms with E-state index in [2.05, 4.69) is 26.1 Å². The van der Waals surface area contributed by atoms with Gasteiger partial charge in [-0.25, -0.2) is 4.84 Å². The molecule has 0 spiro atoms. The molecule has 6 aliphatic rings. The normalized spacial score (nSPS) is 15.3. The van der Waals surface area contributed by atoms with E-state index in [4.69, 9.17) is 61.0 Å². The minimum atomic E-state index is -1.13. The van der Waals surface area contributed by atoms with Crippen LogP contribution in [-0.4, -0.2) is 222 Å². The number of ether oxygens (including phenoxy) is 6. The molecule has 0 fully saturated rings. The van der Waals surface area contributed by atoms with Gasteiger partial charge in [0.2, 0.25) is 23.6 Å². The first-order valence-electron chi connectivity index (χ1n) is 39.5. The third-order valence-corrected chi connectivity index (χ3v) is 18.6. The number of unbranched alkanes of at least 4 members (excludes halogenated alkanes) is 4. The average molecular weight is 1690 g/mol. The Kier molecular flexibility index (Phi) is 36.9. The highest BCUT2D eigenvalue weighted by Gasteiger charge is 2.36. The van der Waals surface area contributed by atoms with Crippen LogP contribution in [0.5, 0.6) is 23.0 Å². The van der Waals surface area contributed by atoms with Gasteiger partial charge in [0.05, 0.1) is 75.1 Å². The van der Waals surface area contributed by atoms with E-state index in [-0.39, 0.29) is 148 Å². The topological polar surface area (TPSA) is 456 Å². The van der Waals surface area contributed by atoms with Crippen molar-refractivity contribution in [1.82, 2.24) is 40.4 Å². The van der Waals surface area contributed by atoms with E-state index in [1.807, 2.05) is 74.1 Å². The van der Waals surface area contributed by atoms with Crippen LogP contribution in [0.25, 0.3) is 11.1 Å². The summed E-state index contributed by atoms with van der Waals surface area (Å²) >= 11 is 5.07. The second-order valence-corrected chi connectivity index (χ2v) is 30.6. The predicted octanol–water partition coefficient (Wildman–Crippen LogP) is 8.19. The molecule has 6 heterocycles. The maximum atomic E-state index is 14.0. The van der Waals surface area contributed by atoms with Gasteiger partial charge in [-0.3, -0.25) is 91.7 Å². The van der Waals surface area contributed by atoms with E-state index in [0.29, 0.717) is 129 Å². The van der Waals surface area contributed by atoms with Gasteiger partial charge in [-0.1, -0.05) is 37.1 Å². The minimum absolute atomic E-state index is 0.0193. The van der Waals surface area contributed by atoms with Crippen molar-refractivity contribution >= 4 is 141 Å². The number of nitrogens with zero attached hydrogens (tertiary/aromatic N) is 6. The first-order valence-corrected chi connectivity index (χ1v) is 39.9. The van der Waals surface area contributed by atoms with Gasteiger partial charge < -0.3 is 70.3 Å². The highest BCUT2D eigenvalue weighted by Crippen LogP contribution is 2.41. The van der Waals surface area contributed by atoms with Gasteiger partial charge in [0.25, 0.3) is 35.4 Å². The van der Waals surface area contributed by atoms with Gasteiger partial charge in [-0.15, -0.1) is 0 Å². The summed E-state index contributed by atoms with van der Waals surface area (Å²) in [4.78, 5) is 194. The van der Waals surface area contributed by atoms with E-state index in [1.165, 1.54) is 31.4 Å². The first kappa shape index (κ1) is 95.6. The lowest BCUT2D eigenvalue weighted by Gasteiger charge is -2.19. The molecule has 8 N–H and O–H groups in total. The highest BCUT2D eigenvalue weighted by molar-refractivity contribution is 6.15. The summed E-state index contributed by atoms with van der Waals surface area (Å²) in [6, 6.07) is 21.5. The molecule has 4 aromatic carbocycles. The molecule has 6 aliphatic heterocycles. The van der Waals surface area contributed by atoms with Gasteiger partial charge >= 0.3 is 17.9 Å². The number of benzene rings is 4. The SMILES string of the molecule is CC(C)(C)OC(=O)CNC(=O)CN.CC(C)(C)OC(=O)CNCl.COc1ccc(C2=CN3C(=O)c4cc(C)c(OCCCOc5cc6c(cc5OC)C(=O)N5C=C(c7ccc(NC(=O)CCC(=O)CNC(=O)CCCCCN8C(=O)C=CC8=O)cc7)C[C@H]5C=N6)cc4N=C[C@@H]3C2)cc1.O=C(O)CNC(=O)CCC(=O)CCCCCN1C(=O)C=CC1=O. The number of aryl methyl sites for hydroxylation is 1. The molecule has 0 radical (unpaired) electrons. The molecule has 0 unspecified atom stereocenters. The number of rotatable bonds is 38. The van der Waals surface area contributed by atoms with Gasteiger partial charge in [0.1, 0.15) is 48.1 Å². The van der Waals surface area contributed by atoms with Crippen molar-refractivity contribution in [3.05, 3.63) is 137 Å². The molecule has 0 saturated heterocycles. The van der Waals surface area contributed by atoms with Crippen molar-refractivity contribution < 1.29 is 105 Å². The maximum absolute atomic E-state index is 14.0. The maximum Gasteiger partial charge on any atom is 0.325 e. The van der Waals surface area contributed by atoms with Crippen LogP contribution in [0, 0.1) is 6.92 Å². The first-order chi connectivity index (χ1) is 57.5. The Bertz CT molecular complexity index is 4640. The number of carboxylic acids is 1. The Hall–Kier alpha value is -12.6. The van der Waals surface area contributed by atoms with E-state index in [9.17, 15) is 71.9 Å². The molecule has 4 aromatic rings. The molecule has 34 nitrogen and oxygen atoms in total. The number of amides is 10. The molecule has 0 saturated carbocycles. The van der Waals surface area contributed by atoms with Crippen molar-refractivity contribution in [1.29, 1.82) is 0 Å². The smallest absolute Gasteiger partial charge is 0.325 e. The lowest BCUT2D eigenvalue weighted by molar-refractivity contribution is -0.155. The zero-order valence-corrected chi connectivity index (χ0v) is 70.1. The quantitative estimate of drug-likeness (QED) is 0.00961. The number of hydrogen-bond acceptors (Lipinski definition) is 25. The number of imide groups is 2. The van der Waals surface area contributed by atoms with Crippen LogP contribution in [0.3, 0.4) is 0 Å². The summed E-state index contributed by atoms with van der Waals surface area (Å²) in [7, 11) is 3.15. The number of nitrogens with two attached hydrogens (primary N) is 1. The zero-order valence-electron chi connectivity index (χ0n) is 69.3. The number of nitrogens with one attached hydrogen (secondary N) is 5. The molecular formula is C86H105ClN12O22. The Labute approximate surface area is 706 Å². The molecule has 10 rings (SSSR count). The van der Waals surface area contributed by atoms with E-state index >= 15 is 0 Å². The van der Waals surface area contributed by atoms with Crippen molar-refractivity contribution in [2.45, 2.75) is 168 Å². The van der Waals surface area contributed by atoms with Gasteiger partial charge in [0, 0.05) is 138 Å². The van der Waals surface area contributed by atoms with Crippen LogP contribution < -0.4 is 50.8 Å². The van der Waals surface area contributed by atoms with Crippen molar-refractivity contribution in [2.24, 2.45) is 15.7 Å². The number of halogens is 1. The Balaban J connectivity index is 0.000000354. The van der Waals surface area contributed by atoms with E-state index < -0.39 is 35.6 Å². The van der Waals surface area contributed by atoms with Crippen LogP contribution in [0.1, 0.15) is 175 Å². The number of carbonyl (C=O) groups excluding carboxylic acids is 14. The zero-order chi connectivity index (χ0) is 88.5. The standard InChI is InChI=1S/C57H57N7O11.C15H20N2O6.C8H16N2O3.C6H12ClNO2/c1-35-24-45-47(58-30-41-26-39(34-63(41)56(45)70)37-11-16-44(72-2)17-12-37)28-49(35)74-22-7-23-75-51-29-48-46(27-50(51)73-3)57(71)64-33-38(25-42(64)31-59-48)36-9-13-40(14-10-36)61-53(67)18-15-43(65)32-60-52(66)8-5-4-6-21-62-54(68)19-20-55(62)69;18-11(5-6-12(19)16-10-15(22)23)4-2-1-3-9-17-13(20)7-8-14(17)21;1-8(2,3)13-7(12)5-10-6(11)4-9;1-6(2,3)10-5(9)4-8-7/h9-14,16-17,19-20,24,27-31,33-34,41-42H,4-8,15,18,21-23,25-26,32H2,1-3H3,(H,60,66)(H,61,67);7-8H,1-6,9-10H2,(H,16,19)(H,22,23);4-5,9H2,1-3H3,(H,10,11);8H,4H2,1-3H3/t41-,42-;;;/m0.../s1. The predicted molar refractivity (Wildman–Crippen MR) is 448 cm³/mol. The van der Waals surface area contributed by atoms with Crippen LogP contribution in [-0.2, 0) is 71.8 Å². The lowest BCUT2D eigenvalue weighted by atomic mass is 10.0. The fourth-order valence-corrected chi connectivity index (χ4v) is 12.6. The van der Waals surface area contributed by atoms with Crippen LogP contribution in [0.2, 0.25) is 0 Å². The fraction of sp³-hybridized carbons (Fsp3) is 0.430. The second-order valence-electron chi connectivity index (χ2n) is 30.3. The third kappa shape index (κ3) is 31.3. The van der Waals surface area contributed by atoms with Gasteiger partial charge in [-0.05, 0) is 150 Å². The summed E-state index contributed by atoms with van der Waals surface area (Å²) in [5.74, 6) is -3.13. The number of methoxy groups -OCH3 is 2. The van der Waals surface area contributed by atoms with Crippen molar-refractivity contribution in [2.75, 3.05) is 78.6 Å². The van der Waals surface area contributed by atoms with Crippen LogP contribution >= 0.6 is 11.8 Å². The Morgan fingerprint density at radius 1 is 0.504 bits per heavy atom. The summed E-state index contributed by atoms with van der Waals surface area (Å²) in [5.41, 5.74) is 11.2. The largest absolute Gasteiger partial charge is 0.497 e. The molecule has 0 aliphatic carbocycles. The molecule has 0 bridgehead atoms. The average Bonchev–Trinajstić information content (AvgIpc) is 1.64. The number of hydrogen-bond donors (Lipinski definition) is 7. The molecular weight excluding hydrogens is 1590 g/mol. The number of fused-ring (bicyclic) bond motifs is 4. The number of carboxylic acid groups (broad SMARTS) is 1. The Morgan fingerprint density at radius 3 is 1.47 bits per heavy atom. The number of anilines is 1. The number of ketones is 2. The summed E-state index contributed by atoms with van der Waals surface area (Å²) in [6.45, 7) is 13.0. The number of Topliss-reactive ketones (excluding diaryl/α,β-unsaturated/α-hetero) is 2. The summed E-state index contributed by atoms with van der Waals surface area (Å²) in [5, 5.41) is 18.3. The monoisotopic (exact) mass is 1690 g/mol. The molecule has 0 aromatic heterocycles. The van der Waals surface area contributed by atoms with Crippen molar-refractivity contribution in [3.8, 4) is 23.0 Å². The van der Waals surface area contributed by atoms with Gasteiger partial charge in [0.15, 0.2) is 17.3 Å².